The molecule has 6 heteroatoms. The zero-order chi connectivity index (χ0) is 10.1. The van der Waals surface area contributed by atoms with Crippen molar-refractivity contribution in [1.82, 2.24) is 10.1 Å². The van der Waals surface area contributed by atoms with Crippen LogP contribution in [-0.4, -0.2) is 10.1 Å². The number of anilines is 2. The summed E-state index contributed by atoms with van der Waals surface area (Å²) in [5, 5.41) is 3.48. The average molecular weight is 255 g/mol. The summed E-state index contributed by atoms with van der Waals surface area (Å²) in [6.07, 6.45) is 0. The van der Waals surface area contributed by atoms with E-state index in [1.54, 1.807) is 12.1 Å². The van der Waals surface area contributed by atoms with Crippen molar-refractivity contribution in [1.29, 1.82) is 0 Å². The molecule has 2 aromatic rings. The van der Waals surface area contributed by atoms with Gasteiger partial charge in [0.05, 0.1) is 5.56 Å². The van der Waals surface area contributed by atoms with Crippen LogP contribution in [0.1, 0.15) is 0 Å². The van der Waals surface area contributed by atoms with Crippen molar-refractivity contribution < 1.29 is 4.52 Å². The first-order valence-corrected chi connectivity index (χ1v) is 4.60. The van der Waals surface area contributed by atoms with E-state index in [4.69, 9.17) is 16.0 Å². The van der Waals surface area contributed by atoms with Crippen LogP contribution >= 0.6 is 15.9 Å². The highest BCUT2D eigenvalue weighted by Crippen LogP contribution is 2.27. The first-order chi connectivity index (χ1) is 6.66. The number of hydrogen-bond acceptors (Lipinski definition) is 5. The van der Waals surface area contributed by atoms with Gasteiger partial charge in [0, 0.05) is 10.2 Å². The second-order valence-corrected chi connectivity index (χ2v) is 3.60. The fourth-order valence-corrected chi connectivity index (χ4v) is 1.45. The number of benzene rings is 1. The van der Waals surface area contributed by atoms with Crippen LogP contribution in [0.2, 0.25) is 0 Å². The van der Waals surface area contributed by atoms with Crippen molar-refractivity contribution in [3.63, 3.8) is 0 Å². The Morgan fingerprint density at radius 2 is 2.07 bits per heavy atom. The van der Waals surface area contributed by atoms with Crippen molar-refractivity contribution in [2.24, 2.45) is 0 Å². The Morgan fingerprint density at radius 3 is 2.64 bits per heavy atom. The van der Waals surface area contributed by atoms with E-state index < -0.39 is 0 Å². The second kappa shape index (κ2) is 3.30. The normalized spacial score (nSPS) is 10.4. The summed E-state index contributed by atoms with van der Waals surface area (Å²) in [6, 6.07) is 5.38. The Morgan fingerprint density at radius 1 is 1.29 bits per heavy atom. The standard InChI is InChI=1S/C8H7BrN4O/c9-4-1-2-5(6(10)3-4)7-12-8(11)13-14-7/h1-3H,10H2,(H2,11,13). The van der Waals surface area contributed by atoms with Gasteiger partial charge >= 0.3 is 0 Å². The lowest BCUT2D eigenvalue weighted by atomic mass is 10.2. The molecule has 5 nitrogen and oxygen atoms in total. The van der Waals surface area contributed by atoms with Gasteiger partial charge < -0.3 is 16.0 Å². The van der Waals surface area contributed by atoms with Crippen LogP contribution in [0.15, 0.2) is 27.2 Å². The molecule has 1 aromatic heterocycles. The highest BCUT2D eigenvalue weighted by atomic mass is 79.9. The lowest BCUT2D eigenvalue weighted by Crippen LogP contribution is -1.90. The van der Waals surface area contributed by atoms with E-state index in [0.717, 1.165) is 4.47 Å². The van der Waals surface area contributed by atoms with Crippen LogP contribution in [0, 0.1) is 0 Å². The van der Waals surface area contributed by atoms with Gasteiger partial charge in [-0.15, -0.1) is 0 Å². The van der Waals surface area contributed by atoms with Crippen LogP contribution in [0.5, 0.6) is 0 Å². The Hall–Kier alpha value is -1.56. The average Bonchev–Trinajstić information content (AvgIpc) is 2.51. The summed E-state index contributed by atoms with van der Waals surface area (Å²) >= 11 is 3.30. The Labute approximate surface area is 88.2 Å². The molecule has 14 heavy (non-hydrogen) atoms. The predicted octanol–water partition coefficient (Wildman–Crippen LogP) is 1.66. The van der Waals surface area contributed by atoms with Crippen molar-refractivity contribution in [3.05, 3.63) is 22.7 Å². The highest BCUT2D eigenvalue weighted by molar-refractivity contribution is 9.10. The summed E-state index contributed by atoms with van der Waals surface area (Å²) < 4.78 is 5.78. The molecule has 0 unspecified atom stereocenters. The third-order valence-electron chi connectivity index (χ3n) is 1.69. The van der Waals surface area contributed by atoms with Crippen molar-refractivity contribution >= 4 is 27.6 Å². The Bertz CT molecular complexity index is 468. The van der Waals surface area contributed by atoms with E-state index in [1.165, 1.54) is 0 Å². The van der Waals surface area contributed by atoms with Gasteiger partial charge in [-0.05, 0) is 23.4 Å². The molecule has 0 fully saturated rings. The van der Waals surface area contributed by atoms with E-state index in [-0.39, 0.29) is 5.95 Å². The molecule has 0 spiro atoms. The minimum absolute atomic E-state index is 0.0994. The lowest BCUT2D eigenvalue weighted by Gasteiger charge is -1.99. The van der Waals surface area contributed by atoms with E-state index in [9.17, 15) is 0 Å². The molecule has 2 rings (SSSR count). The molecule has 0 aliphatic heterocycles. The van der Waals surface area contributed by atoms with Gasteiger partial charge in [0.15, 0.2) is 0 Å². The Balaban J connectivity index is 2.52. The van der Waals surface area contributed by atoms with Crippen molar-refractivity contribution in [2.45, 2.75) is 0 Å². The zero-order valence-corrected chi connectivity index (χ0v) is 8.65. The van der Waals surface area contributed by atoms with Gasteiger partial charge in [-0.2, -0.15) is 4.98 Å². The molecule has 0 atom stereocenters. The summed E-state index contributed by atoms with van der Waals surface area (Å²) in [7, 11) is 0. The molecule has 0 aliphatic carbocycles. The van der Waals surface area contributed by atoms with Gasteiger partial charge in [0.1, 0.15) is 0 Å². The van der Waals surface area contributed by atoms with E-state index in [0.29, 0.717) is 17.1 Å². The predicted molar refractivity (Wildman–Crippen MR) is 56.3 cm³/mol. The van der Waals surface area contributed by atoms with Crippen LogP contribution < -0.4 is 11.5 Å². The Kier molecular flexibility index (Phi) is 2.12. The van der Waals surface area contributed by atoms with Crippen LogP contribution in [-0.2, 0) is 0 Å². The SMILES string of the molecule is Nc1noc(-c2ccc(Br)cc2N)n1. The molecule has 0 saturated carbocycles. The monoisotopic (exact) mass is 254 g/mol. The quantitative estimate of drug-likeness (QED) is 0.756. The number of nitrogens with zero attached hydrogens (tertiary/aromatic N) is 2. The van der Waals surface area contributed by atoms with Gasteiger partial charge in [0.2, 0.25) is 0 Å². The third-order valence-corrected chi connectivity index (χ3v) is 2.18. The number of rotatable bonds is 1. The van der Waals surface area contributed by atoms with E-state index >= 15 is 0 Å². The molecule has 1 aromatic carbocycles. The molecule has 0 aliphatic rings. The fraction of sp³-hybridized carbons (Fsp3) is 0. The van der Waals surface area contributed by atoms with Gasteiger partial charge in [-0.1, -0.05) is 15.9 Å². The zero-order valence-electron chi connectivity index (χ0n) is 7.07. The largest absolute Gasteiger partial charge is 0.398 e. The summed E-state index contributed by atoms with van der Waals surface area (Å²) in [5.41, 5.74) is 12.3. The van der Waals surface area contributed by atoms with E-state index in [2.05, 4.69) is 26.1 Å². The molecule has 0 bridgehead atoms. The van der Waals surface area contributed by atoms with Gasteiger partial charge in [-0.3, -0.25) is 0 Å². The number of halogens is 1. The lowest BCUT2D eigenvalue weighted by molar-refractivity contribution is 0.433. The van der Waals surface area contributed by atoms with Crippen LogP contribution in [0.25, 0.3) is 11.5 Å². The molecule has 0 amide bonds. The summed E-state index contributed by atoms with van der Waals surface area (Å²) in [4.78, 5) is 3.88. The molecule has 72 valence electrons. The maximum atomic E-state index is 5.76. The van der Waals surface area contributed by atoms with Crippen molar-refractivity contribution in [3.8, 4) is 11.5 Å². The molecule has 0 radical (unpaired) electrons. The maximum absolute atomic E-state index is 5.76. The fourth-order valence-electron chi connectivity index (χ4n) is 1.07. The molecule has 0 saturated heterocycles. The number of hydrogen-bond donors (Lipinski definition) is 2. The first-order valence-electron chi connectivity index (χ1n) is 3.81. The third kappa shape index (κ3) is 1.56. The van der Waals surface area contributed by atoms with Crippen LogP contribution in [0.4, 0.5) is 11.6 Å². The molecular weight excluding hydrogens is 248 g/mol. The number of nitrogens with two attached hydrogens (primary N) is 2. The summed E-state index contributed by atoms with van der Waals surface area (Å²) in [6.45, 7) is 0. The van der Waals surface area contributed by atoms with Gasteiger partial charge in [-0.25, -0.2) is 0 Å². The maximum Gasteiger partial charge on any atom is 0.261 e. The minimum Gasteiger partial charge on any atom is -0.398 e. The molecular formula is C8H7BrN4O. The second-order valence-electron chi connectivity index (χ2n) is 2.69. The number of aromatic nitrogens is 2. The minimum atomic E-state index is 0.0994. The van der Waals surface area contributed by atoms with Gasteiger partial charge in [0.25, 0.3) is 11.8 Å². The highest BCUT2D eigenvalue weighted by Gasteiger charge is 2.09. The molecule has 4 N–H and O–H groups in total. The number of nitrogen functional groups attached to an aromatic ring is 2. The van der Waals surface area contributed by atoms with Crippen LogP contribution in [0.3, 0.4) is 0 Å². The van der Waals surface area contributed by atoms with E-state index in [1.807, 2.05) is 6.07 Å². The summed E-state index contributed by atoms with van der Waals surface area (Å²) in [5.74, 6) is 0.426. The topological polar surface area (TPSA) is 91.0 Å². The smallest absolute Gasteiger partial charge is 0.261 e. The van der Waals surface area contributed by atoms with Crippen molar-refractivity contribution in [2.75, 3.05) is 11.5 Å². The first kappa shape index (κ1) is 9.01. The molecule has 1 heterocycles.